The molecule has 1 amide bonds. The predicted octanol–water partition coefficient (Wildman–Crippen LogP) is 0.638. The molecule has 1 atom stereocenters. The first-order chi connectivity index (χ1) is 5.06. The first-order valence-electron chi connectivity index (χ1n) is 4.03. The van der Waals surface area contributed by atoms with Crippen LogP contribution in [0, 0.1) is 0 Å². The van der Waals surface area contributed by atoms with Crippen molar-refractivity contribution in [2.45, 2.75) is 25.3 Å². The third kappa shape index (κ3) is 2.11. The summed E-state index contributed by atoms with van der Waals surface area (Å²) in [6.07, 6.45) is 2.07. The van der Waals surface area contributed by atoms with Crippen LogP contribution in [-0.2, 0) is 4.79 Å². The van der Waals surface area contributed by atoms with Crippen molar-refractivity contribution in [2.75, 3.05) is 20.6 Å². The lowest BCUT2D eigenvalue weighted by Gasteiger charge is -2.26. The average Bonchev–Trinajstić information content (AvgIpc) is 2.35. The summed E-state index contributed by atoms with van der Waals surface area (Å²) >= 11 is 0. The van der Waals surface area contributed by atoms with Crippen LogP contribution < -0.4 is 5.32 Å². The molecule has 1 unspecified atom stereocenters. The molecule has 1 aliphatic rings. The second-order valence-electron chi connectivity index (χ2n) is 3.56. The Labute approximate surface area is 79.9 Å². The summed E-state index contributed by atoms with van der Waals surface area (Å²) in [6, 6.07) is 0. The van der Waals surface area contributed by atoms with Crippen molar-refractivity contribution in [2.24, 2.45) is 0 Å². The highest BCUT2D eigenvalue weighted by molar-refractivity contribution is 5.86. The Kier molecular flexibility index (Phi) is 4.00. The van der Waals surface area contributed by atoms with E-state index in [4.69, 9.17) is 0 Å². The van der Waals surface area contributed by atoms with E-state index in [1.165, 1.54) is 0 Å². The number of hydrogen-bond donors (Lipinski definition) is 1. The molecule has 0 aromatic rings. The summed E-state index contributed by atoms with van der Waals surface area (Å²) in [7, 11) is 3.60. The molecule has 1 aliphatic heterocycles. The zero-order valence-electron chi connectivity index (χ0n) is 7.89. The number of rotatable bonds is 1. The van der Waals surface area contributed by atoms with Gasteiger partial charge in [-0.3, -0.25) is 4.79 Å². The van der Waals surface area contributed by atoms with E-state index in [2.05, 4.69) is 5.32 Å². The predicted molar refractivity (Wildman–Crippen MR) is 51.6 cm³/mol. The Morgan fingerprint density at radius 3 is 2.42 bits per heavy atom. The molecular weight excluding hydrogens is 176 g/mol. The van der Waals surface area contributed by atoms with Gasteiger partial charge in [-0.2, -0.15) is 0 Å². The van der Waals surface area contributed by atoms with Crippen LogP contribution in [-0.4, -0.2) is 37.0 Å². The Morgan fingerprint density at radius 2 is 2.08 bits per heavy atom. The van der Waals surface area contributed by atoms with Crippen molar-refractivity contribution >= 4 is 18.3 Å². The largest absolute Gasteiger partial charge is 0.347 e. The van der Waals surface area contributed by atoms with Gasteiger partial charge in [0.1, 0.15) is 0 Å². The minimum Gasteiger partial charge on any atom is -0.347 e. The molecule has 3 nitrogen and oxygen atoms in total. The van der Waals surface area contributed by atoms with Gasteiger partial charge in [0.25, 0.3) is 0 Å². The van der Waals surface area contributed by atoms with Gasteiger partial charge in [-0.25, -0.2) is 0 Å². The van der Waals surface area contributed by atoms with Crippen LogP contribution in [0.25, 0.3) is 0 Å². The van der Waals surface area contributed by atoms with Crippen LogP contribution in [0.1, 0.15) is 19.8 Å². The molecule has 0 saturated carbocycles. The van der Waals surface area contributed by atoms with E-state index in [1.807, 2.05) is 6.92 Å². The maximum atomic E-state index is 11.5. The van der Waals surface area contributed by atoms with E-state index >= 15 is 0 Å². The molecular formula is C8H17ClN2O. The van der Waals surface area contributed by atoms with Crippen molar-refractivity contribution in [3.05, 3.63) is 0 Å². The van der Waals surface area contributed by atoms with Crippen molar-refractivity contribution < 1.29 is 4.79 Å². The Hall–Kier alpha value is -0.280. The second-order valence-corrected chi connectivity index (χ2v) is 3.56. The molecule has 1 fully saturated rings. The van der Waals surface area contributed by atoms with E-state index in [-0.39, 0.29) is 23.9 Å². The number of carbonyl (C=O) groups excluding carboxylic acids is 1. The maximum absolute atomic E-state index is 11.5. The molecule has 1 N–H and O–H groups in total. The zero-order chi connectivity index (χ0) is 8.48. The van der Waals surface area contributed by atoms with E-state index in [0.29, 0.717) is 0 Å². The topological polar surface area (TPSA) is 32.3 Å². The minimum absolute atomic E-state index is 0. The molecule has 12 heavy (non-hydrogen) atoms. The summed E-state index contributed by atoms with van der Waals surface area (Å²) in [5.74, 6) is 0.190. The average molecular weight is 193 g/mol. The minimum atomic E-state index is -0.288. The highest BCUT2D eigenvalue weighted by Crippen LogP contribution is 2.19. The van der Waals surface area contributed by atoms with Crippen LogP contribution in [0.5, 0.6) is 0 Å². The summed E-state index contributed by atoms with van der Waals surface area (Å²) in [5, 5.41) is 3.22. The number of amides is 1. The summed E-state index contributed by atoms with van der Waals surface area (Å²) in [4.78, 5) is 13.2. The number of hydrogen-bond acceptors (Lipinski definition) is 2. The molecule has 0 aromatic carbocycles. The standard InChI is InChI=1S/C8H16N2O.ClH/c1-8(5-4-6-9-8)7(11)10(2)3;/h9H,4-6H2,1-3H3;1H. The lowest BCUT2D eigenvalue weighted by molar-refractivity contribution is -0.134. The summed E-state index contributed by atoms with van der Waals surface area (Å²) < 4.78 is 0. The molecule has 0 aliphatic carbocycles. The maximum Gasteiger partial charge on any atom is 0.242 e. The second kappa shape index (κ2) is 4.10. The number of nitrogens with one attached hydrogen (secondary N) is 1. The summed E-state index contributed by atoms with van der Waals surface area (Å²) in [5.41, 5.74) is -0.288. The first kappa shape index (κ1) is 11.7. The van der Waals surface area contributed by atoms with E-state index in [1.54, 1.807) is 19.0 Å². The van der Waals surface area contributed by atoms with Crippen LogP contribution in [0.3, 0.4) is 0 Å². The van der Waals surface area contributed by atoms with Gasteiger partial charge in [0.2, 0.25) is 5.91 Å². The van der Waals surface area contributed by atoms with Gasteiger partial charge >= 0.3 is 0 Å². The Bertz CT molecular complexity index is 164. The third-order valence-electron chi connectivity index (χ3n) is 2.25. The van der Waals surface area contributed by atoms with Crippen LogP contribution in [0.2, 0.25) is 0 Å². The van der Waals surface area contributed by atoms with E-state index in [9.17, 15) is 4.79 Å². The van der Waals surface area contributed by atoms with Crippen LogP contribution >= 0.6 is 12.4 Å². The zero-order valence-corrected chi connectivity index (χ0v) is 8.70. The summed E-state index contributed by atoms with van der Waals surface area (Å²) in [6.45, 7) is 2.94. The van der Waals surface area contributed by atoms with Crippen LogP contribution in [0.15, 0.2) is 0 Å². The van der Waals surface area contributed by atoms with E-state index < -0.39 is 0 Å². The molecule has 1 rings (SSSR count). The smallest absolute Gasteiger partial charge is 0.242 e. The lowest BCUT2D eigenvalue weighted by atomic mass is 9.99. The molecule has 0 bridgehead atoms. The highest BCUT2D eigenvalue weighted by atomic mass is 35.5. The van der Waals surface area contributed by atoms with Gasteiger partial charge in [0.15, 0.2) is 0 Å². The van der Waals surface area contributed by atoms with Crippen molar-refractivity contribution in [3.8, 4) is 0 Å². The number of halogens is 1. The number of carbonyl (C=O) groups is 1. The van der Waals surface area contributed by atoms with Crippen molar-refractivity contribution in [1.29, 1.82) is 0 Å². The van der Waals surface area contributed by atoms with Gasteiger partial charge in [0, 0.05) is 14.1 Å². The Balaban J connectivity index is 0.00000121. The molecule has 72 valence electrons. The molecule has 0 radical (unpaired) electrons. The highest BCUT2D eigenvalue weighted by Gasteiger charge is 2.36. The monoisotopic (exact) mass is 192 g/mol. The number of nitrogens with zero attached hydrogens (tertiary/aromatic N) is 1. The molecule has 0 spiro atoms. The van der Waals surface area contributed by atoms with Gasteiger partial charge < -0.3 is 10.2 Å². The van der Waals surface area contributed by atoms with Gasteiger partial charge in [-0.15, -0.1) is 12.4 Å². The molecule has 1 saturated heterocycles. The van der Waals surface area contributed by atoms with Crippen LogP contribution in [0.4, 0.5) is 0 Å². The fourth-order valence-corrected chi connectivity index (χ4v) is 1.57. The van der Waals surface area contributed by atoms with Gasteiger partial charge in [-0.1, -0.05) is 0 Å². The van der Waals surface area contributed by atoms with E-state index in [0.717, 1.165) is 19.4 Å². The SMILES string of the molecule is CN(C)C(=O)C1(C)CCCN1.Cl. The first-order valence-corrected chi connectivity index (χ1v) is 4.03. The molecule has 0 aromatic heterocycles. The van der Waals surface area contributed by atoms with Gasteiger partial charge in [-0.05, 0) is 26.3 Å². The third-order valence-corrected chi connectivity index (χ3v) is 2.25. The normalized spacial score (nSPS) is 27.9. The van der Waals surface area contributed by atoms with Crippen molar-refractivity contribution in [3.63, 3.8) is 0 Å². The lowest BCUT2D eigenvalue weighted by Crippen LogP contribution is -2.50. The fraction of sp³-hybridized carbons (Fsp3) is 0.875. The number of likely N-dealkylation sites (N-methyl/N-ethyl adjacent to an activating group) is 1. The molecule has 4 heteroatoms. The quantitative estimate of drug-likeness (QED) is 0.662. The molecule has 1 heterocycles. The van der Waals surface area contributed by atoms with Crippen molar-refractivity contribution in [1.82, 2.24) is 10.2 Å². The fourth-order valence-electron chi connectivity index (χ4n) is 1.57. The Morgan fingerprint density at radius 1 is 1.50 bits per heavy atom. The van der Waals surface area contributed by atoms with Gasteiger partial charge in [0.05, 0.1) is 5.54 Å².